The number of aromatic nitrogens is 3. The predicted molar refractivity (Wildman–Crippen MR) is 68.7 cm³/mol. The lowest BCUT2D eigenvalue weighted by Gasteiger charge is -2.05. The van der Waals surface area contributed by atoms with Gasteiger partial charge in [0.15, 0.2) is 5.03 Å². The van der Waals surface area contributed by atoms with Crippen molar-refractivity contribution in [3.8, 4) is 0 Å². The van der Waals surface area contributed by atoms with Gasteiger partial charge in [-0.2, -0.15) is 0 Å². The van der Waals surface area contributed by atoms with E-state index >= 15 is 0 Å². The molecule has 0 saturated heterocycles. The van der Waals surface area contributed by atoms with Gasteiger partial charge >= 0.3 is 5.97 Å². The van der Waals surface area contributed by atoms with E-state index in [1.165, 1.54) is 12.4 Å². The fourth-order valence-corrected chi connectivity index (χ4v) is 2.44. The average Bonchev–Trinajstić information content (AvgIpc) is 2.92. The molecule has 0 aromatic carbocycles. The monoisotopic (exact) mass is 296 g/mol. The quantitative estimate of drug-likeness (QED) is 0.690. The number of aromatic amines is 1. The van der Waals surface area contributed by atoms with Crippen LogP contribution in [0.25, 0.3) is 0 Å². The molecule has 106 valence electrons. The van der Waals surface area contributed by atoms with Gasteiger partial charge in [-0.25, -0.2) is 27.9 Å². The van der Waals surface area contributed by atoms with E-state index in [1.807, 2.05) is 0 Å². The number of carbonyl (C=O) groups is 1. The maximum Gasteiger partial charge on any atom is 0.337 e. The van der Waals surface area contributed by atoms with Crippen molar-refractivity contribution in [3.63, 3.8) is 0 Å². The Morgan fingerprint density at radius 3 is 2.70 bits per heavy atom. The van der Waals surface area contributed by atoms with Crippen molar-refractivity contribution in [1.29, 1.82) is 0 Å². The van der Waals surface area contributed by atoms with Gasteiger partial charge in [0.2, 0.25) is 0 Å². The number of nitrogens with one attached hydrogen (secondary N) is 2. The van der Waals surface area contributed by atoms with Gasteiger partial charge in [-0.15, -0.1) is 0 Å². The van der Waals surface area contributed by atoms with E-state index in [4.69, 9.17) is 5.11 Å². The van der Waals surface area contributed by atoms with Crippen LogP contribution < -0.4 is 4.72 Å². The second-order valence-electron chi connectivity index (χ2n) is 3.91. The highest BCUT2D eigenvalue weighted by Crippen LogP contribution is 2.06. The van der Waals surface area contributed by atoms with Crippen molar-refractivity contribution in [2.75, 3.05) is 6.54 Å². The van der Waals surface area contributed by atoms with E-state index < -0.39 is 16.0 Å². The molecule has 0 radical (unpaired) electrons. The van der Waals surface area contributed by atoms with Crippen LogP contribution in [-0.4, -0.2) is 41.0 Å². The molecular weight excluding hydrogens is 284 g/mol. The fraction of sp³-hybridized carbons (Fsp3) is 0.182. The first-order chi connectivity index (χ1) is 9.49. The van der Waals surface area contributed by atoms with Crippen LogP contribution in [0.15, 0.2) is 35.9 Å². The lowest BCUT2D eigenvalue weighted by atomic mass is 10.3. The van der Waals surface area contributed by atoms with Gasteiger partial charge in [-0.05, 0) is 12.1 Å². The molecule has 0 bridgehead atoms. The molecule has 20 heavy (non-hydrogen) atoms. The van der Waals surface area contributed by atoms with Crippen molar-refractivity contribution < 1.29 is 18.3 Å². The maximum atomic E-state index is 11.9. The average molecular weight is 296 g/mol. The highest BCUT2D eigenvalue weighted by atomic mass is 32.2. The number of hydrogen-bond acceptors (Lipinski definition) is 5. The highest BCUT2D eigenvalue weighted by Gasteiger charge is 2.16. The molecule has 2 heterocycles. The molecule has 0 aliphatic carbocycles. The van der Waals surface area contributed by atoms with Crippen LogP contribution >= 0.6 is 0 Å². The summed E-state index contributed by atoms with van der Waals surface area (Å²) >= 11 is 0. The Kier molecular flexibility index (Phi) is 4.11. The largest absolute Gasteiger partial charge is 0.478 e. The number of imidazole rings is 1. The van der Waals surface area contributed by atoms with E-state index in [9.17, 15) is 13.2 Å². The number of carboxylic acids is 1. The summed E-state index contributed by atoms with van der Waals surface area (Å²) in [5.41, 5.74) is 0.739. The number of aromatic carboxylic acids is 1. The third-order valence-electron chi connectivity index (χ3n) is 2.50. The standard InChI is InChI=1S/C11H12N4O4S/c16-11(17)8-1-2-10(13-5-8)20(18,19)15-4-3-9-6-12-7-14-9/h1-2,5-7,15H,3-4H2,(H,12,14)(H,16,17). The number of pyridine rings is 1. The molecule has 0 spiro atoms. The zero-order valence-electron chi connectivity index (χ0n) is 10.3. The molecule has 9 heteroatoms. The van der Waals surface area contributed by atoms with Gasteiger partial charge in [0.1, 0.15) is 0 Å². The topological polar surface area (TPSA) is 125 Å². The zero-order chi connectivity index (χ0) is 14.6. The number of carboxylic acid groups (broad SMARTS) is 1. The summed E-state index contributed by atoms with van der Waals surface area (Å²) in [7, 11) is -3.74. The minimum Gasteiger partial charge on any atom is -0.478 e. The van der Waals surface area contributed by atoms with Gasteiger partial charge in [-0.3, -0.25) is 0 Å². The van der Waals surface area contributed by atoms with Crippen LogP contribution in [-0.2, 0) is 16.4 Å². The minimum atomic E-state index is -3.74. The number of rotatable bonds is 6. The summed E-state index contributed by atoms with van der Waals surface area (Å²) in [6, 6.07) is 2.35. The fourth-order valence-electron chi connectivity index (χ4n) is 1.48. The third-order valence-corrected chi connectivity index (χ3v) is 3.88. The summed E-state index contributed by atoms with van der Waals surface area (Å²) < 4.78 is 26.2. The molecule has 0 aliphatic heterocycles. The molecule has 0 unspecified atom stereocenters. The lowest BCUT2D eigenvalue weighted by molar-refractivity contribution is 0.0696. The molecule has 0 saturated carbocycles. The Labute approximate surface area is 114 Å². The maximum absolute atomic E-state index is 11.9. The summed E-state index contributed by atoms with van der Waals surface area (Å²) in [5.74, 6) is -1.16. The van der Waals surface area contributed by atoms with Gasteiger partial charge in [0.05, 0.1) is 11.9 Å². The van der Waals surface area contributed by atoms with E-state index in [0.717, 1.165) is 18.0 Å². The van der Waals surface area contributed by atoms with E-state index in [1.54, 1.807) is 6.20 Å². The normalized spacial score (nSPS) is 11.4. The highest BCUT2D eigenvalue weighted by molar-refractivity contribution is 7.89. The Hall–Kier alpha value is -2.26. The van der Waals surface area contributed by atoms with Crippen molar-refractivity contribution in [2.45, 2.75) is 11.4 Å². The van der Waals surface area contributed by atoms with Crippen LogP contribution in [0.2, 0.25) is 0 Å². The lowest BCUT2D eigenvalue weighted by Crippen LogP contribution is -2.26. The third kappa shape index (κ3) is 3.39. The van der Waals surface area contributed by atoms with Crippen molar-refractivity contribution in [3.05, 3.63) is 42.1 Å². The van der Waals surface area contributed by atoms with Crippen molar-refractivity contribution in [1.82, 2.24) is 19.7 Å². The first kappa shape index (κ1) is 14.2. The molecule has 0 fully saturated rings. The SMILES string of the molecule is O=C(O)c1ccc(S(=O)(=O)NCCc2cnc[nH]2)nc1. The summed E-state index contributed by atoms with van der Waals surface area (Å²) in [5, 5.41) is 8.50. The molecule has 8 nitrogen and oxygen atoms in total. The Morgan fingerprint density at radius 1 is 1.35 bits per heavy atom. The van der Waals surface area contributed by atoms with Crippen LogP contribution in [0.5, 0.6) is 0 Å². The number of nitrogens with zero attached hydrogens (tertiary/aromatic N) is 2. The number of hydrogen-bond donors (Lipinski definition) is 3. The van der Waals surface area contributed by atoms with Gasteiger partial charge in [0, 0.05) is 31.1 Å². The second-order valence-corrected chi connectivity index (χ2v) is 5.63. The summed E-state index contributed by atoms with van der Waals surface area (Å²) in [6.45, 7) is 0.187. The van der Waals surface area contributed by atoms with Crippen LogP contribution in [0.4, 0.5) is 0 Å². The van der Waals surface area contributed by atoms with Crippen molar-refractivity contribution in [2.24, 2.45) is 0 Å². The molecule has 3 N–H and O–H groups in total. The Balaban J connectivity index is 2.00. The Morgan fingerprint density at radius 2 is 2.15 bits per heavy atom. The zero-order valence-corrected chi connectivity index (χ0v) is 11.1. The first-order valence-electron chi connectivity index (χ1n) is 5.65. The molecular formula is C11H12N4O4S. The van der Waals surface area contributed by atoms with Crippen LogP contribution in [0.3, 0.4) is 0 Å². The second kappa shape index (κ2) is 5.80. The van der Waals surface area contributed by atoms with Crippen LogP contribution in [0.1, 0.15) is 16.1 Å². The van der Waals surface area contributed by atoms with Gasteiger partial charge < -0.3 is 10.1 Å². The molecule has 0 aliphatic rings. The molecule has 2 aromatic heterocycles. The van der Waals surface area contributed by atoms with Crippen LogP contribution in [0, 0.1) is 0 Å². The van der Waals surface area contributed by atoms with E-state index in [2.05, 4.69) is 19.7 Å². The first-order valence-corrected chi connectivity index (χ1v) is 7.13. The van der Waals surface area contributed by atoms with Crippen molar-refractivity contribution >= 4 is 16.0 Å². The smallest absolute Gasteiger partial charge is 0.337 e. The van der Waals surface area contributed by atoms with Gasteiger partial charge in [0.25, 0.3) is 10.0 Å². The molecule has 0 atom stereocenters. The summed E-state index contributed by atoms with van der Waals surface area (Å²) in [4.78, 5) is 21.0. The summed E-state index contributed by atoms with van der Waals surface area (Å²) in [6.07, 6.45) is 4.59. The van der Waals surface area contributed by atoms with E-state index in [-0.39, 0.29) is 17.1 Å². The Bertz CT molecular complexity index is 680. The molecule has 0 amide bonds. The number of sulfonamides is 1. The molecule has 2 rings (SSSR count). The predicted octanol–water partition coefficient (Wildman–Crippen LogP) is 0.0239. The van der Waals surface area contributed by atoms with Gasteiger partial charge in [-0.1, -0.05) is 0 Å². The minimum absolute atomic E-state index is 0.0681. The number of H-pyrrole nitrogens is 1. The van der Waals surface area contributed by atoms with E-state index in [0.29, 0.717) is 6.42 Å². The molecule has 2 aromatic rings.